The molecular weight excluding hydrogens is 264 g/mol. The predicted molar refractivity (Wildman–Crippen MR) is 85.8 cm³/mol. The van der Waals surface area contributed by atoms with Crippen LogP contribution in [-0.4, -0.2) is 38.8 Å². The van der Waals surface area contributed by atoms with E-state index in [0.717, 1.165) is 24.6 Å². The molecule has 118 valence electrons. The molecule has 1 aliphatic rings. The number of nitrogens with zero attached hydrogens (tertiary/aromatic N) is 1. The van der Waals surface area contributed by atoms with Gasteiger partial charge in [-0.05, 0) is 38.4 Å². The van der Waals surface area contributed by atoms with E-state index >= 15 is 0 Å². The van der Waals surface area contributed by atoms with Crippen LogP contribution < -0.4 is 15.2 Å². The molecule has 4 nitrogen and oxygen atoms in total. The molecule has 0 aliphatic heterocycles. The molecule has 4 heteroatoms. The first kappa shape index (κ1) is 16.1. The molecule has 1 aromatic rings. The molecule has 2 rings (SSSR count). The van der Waals surface area contributed by atoms with Gasteiger partial charge < -0.3 is 15.2 Å². The van der Waals surface area contributed by atoms with E-state index in [1.807, 2.05) is 12.1 Å². The van der Waals surface area contributed by atoms with Crippen LogP contribution >= 0.6 is 0 Å². The molecule has 2 N–H and O–H groups in total. The maximum Gasteiger partial charge on any atom is 0.127 e. The minimum atomic E-state index is 0.579. The van der Waals surface area contributed by atoms with E-state index in [0.29, 0.717) is 12.0 Å². The summed E-state index contributed by atoms with van der Waals surface area (Å²) in [7, 11) is 5.58. The zero-order valence-corrected chi connectivity index (χ0v) is 13.5. The van der Waals surface area contributed by atoms with E-state index in [1.54, 1.807) is 14.2 Å². The fourth-order valence-electron chi connectivity index (χ4n) is 3.41. The third-order valence-electron chi connectivity index (χ3n) is 4.65. The first-order valence-corrected chi connectivity index (χ1v) is 7.80. The minimum absolute atomic E-state index is 0.579. The summed E-state index contributed by atoms with van der Waals surface area (Å²) >= 11 is 0. The van der Waals surface area contributed by atoms with E-state index in [-0.39, 0.29) is 0 Å². The molecule has 2 unspecified atom stereocenters. The monoisotopic (exact) mass is 292 g/mol. The van der Waals surface area contributed by atoms with Crippen molar-refractivity contribution in [1.29, 1.82) is 0 Å². The average Bonchev–Trinajstić information content (AvgIpc) is 2.55. The molecule has 0 aromatic heterocycles. The summed E-state index contributed by atoms with van der Waals surface area (Å²) < 4.78 is 10.8. The Morgan fingerprint density at radius 2 is 1.95 bits per heavy atom. The van der Waals surface area contributed by atoms with Crippen molar-refractivity contribution in [3.63, 3.8) is 0 Å². The molecule has 1 aromatic carbocycles. The smallest absolute Gasteiger partial charge is 0.127 e. The Bertz CT molecular complexity index is 450. The summed E-state index contributed by atoms with van der Waals surface area (Å²) in [5, 5.41) is 0. The van der Waals surface area contributed by atoms with Gasteiger partial charge in [0.1, 0.15) is 11.5 Å². The van der Waals surface area contributed by atoms with Gasteiger partial charge in [-0.1, -0.05) is 18.9 Å². The lowest BCUT2D eigenvalue weighted by Crippen LogP contribution is -2.42. The van der Waals surface area contributed by atoms with Crippen LogP contribution in [0.25, 0.3) is 0 Å². The third kappa shape index (κ3) is 3.89. The standard InChI is InChI=1S/C17H28N2O2/c1-19(16-7-5-4-6-13(16)11-18)12-14-8-9-15(20-2)10-17(14)21-3/h8-10,13,16H,4-7,11-12,18H2,1-3H3. The second kappa shape index (κ2) is 7.66. The number of hydrogen-bond donors (Lipinski definition) is 1. The lowest BCUT2D eigenvalue weighted by atomic mass is 9.83. The molecule has 0 saturated heterocycles. The van der Waals surface area contributed by atoms with Gasteiger partial charge in [-0.2, -0.15) is 0 Å². The highest BCUT2D eigenvalue weighted by Gasteiger charge is 2.27. The van der Waals surface area contributed by atoms with E-state index in [9.17, 15) is 0 Å². The van der Waals surface area contributed by atoms with Crippen LogP contribution in [0.3, 0.4) is 0 Å². The number of methoxy groups -OCH3 is 2. The highest BCUT2D eigenvalue weighted by atomic mass is 16.5. The first-order valence-electron chi connectivity index (χ1n) is 7.80. The van der Waals surface area contributed by atoms with Gasteiger partial charge in [-0.25, -0.2) is 0 Å². The van der Waals surface area contributed by atoms with Crippen molar-refractivity contribution in [2.75, 3.05) is 27.8 Å². The maximum absolute atomic E-state index is 5.95. The van der Waals surface area contributed by atoms with Crippen LogP contribution in [-0.2, 0) is 6.54 Å². The highest BCUT2D eigenvalue weighted by Crippen LogP contribution is 2.30. The van der Waals surface area contributed by atoms with Crippen molar-refractivity contribution in [3.05, 3.63) is 23.8 Å². The SMILES string of the molecule is COc1ccc(CN(C)C2CCCCC2CN)c(OC)c1. The molecule has 0 amide bonds. The highest BCUT2D eigenvalue weighted by molar-refractivity contribution is 5.40. The van der Waals surface area contributed by atoms with Crippen molar-refractivity contribution in [3.8, 4) is 11.5 Å². The second-order valence-corrected chi connectivity index (χ2v) is 5.94. The fourth-order valence-corrected chi connectivity index (χ4v) is 3.41. The van der Waals surface area contributed by atoms with Crippen LogP contribution in [0.4, 0.5) is 0 Å². The van der Waals surface area contributed by atoms with E-state index in [4.69, 9.17) is 15.2 Å². The Labute approximate surface area is 128 Å². The Morgan fingerprint density at radius 3 is 2.62 bits per heavy atom. The number of nitrogens with two attached hydrogens (primary N) is 1. The summed E-state index contributed by atoms with van der Waals surface area (Å²) in [4.78, 5) is 2.43. The minimum Gasteiger partial charge on any atom is -0.497 e. The fraction of sp³-hybridized carbons (Fsp3) is 0.647. The Kier molecular flexibility index (Phi) is 5.88. The molecule has 1 fully saturated rings. The third-order valence-corrected chi connectivity index (χ3v) is 4.65. The Balaban J connectivity index is 2.09. The van der Waals surface area contributed by atoms with E-state index in [1.165, 1.54) is 31.2 Å². The van der Waals surface area contributed by atoms with Gasteiger partial charge in [0.15, 0.2) is 0 Å². The number of rotatable bonds is 6. The van der Waals surface area contributed by atoms with Gasteiger partial charge in [0.25, 0.3) is 0 Å². The van der Waals surface area contributed by atoms with Crippen LogP contribution in [0.2, 0.25) is 0 Å². The maximum atomic E-state index is 5.95. The Hall–Kier alpha value is -1.26. The summed E-state index contributed by atoms with van der Waals surface area (Å²) in [6.45, 7) is 1.67. The summed E-state index contributed by atoms with van der Waals surface area (Å²) in [5.41, 5.74) is 7.15. The topological polar surface area (TPSA) is 47.7 Å². The zero-order valence-electron chi connectivity index (χ0n) is 13.5. The number of benzene rings is 1. The van der Waals surface area contributed by atoms with Gasteiger partial charge in [0.05, 0.1) is 14.2 Å². The van der Waals surface area contributed by atoms with Crippen LogP contribution in [0.5, 0.6) is 11.5 Å². The summed E-state index contributed by atoms with van der Waals surface area (Å²) in [5.74, 6) is 2.34. The molecule has 0 heterocycles. The summed E-state index contributed by atoms with van der Waals surface area (Å²) in [6, 6.07) is 6.61. The average molecular weight is 292 g/mol. The van der Waals surface area contributed by atoms with Crippen molar-refractivity contribution >= 4 is 0 Å². The molecule has 2 atom stereocenters. The van der Waals surface area contributed by atoms with Crippen molar-refractivity contribution in [2.24, 2.45) is 11.7 Å². The van der Waals surface area contributed by atoms with Crippen LogP contribution in [0, 0.1) is 5.92 Å². The van der Waals surface area contributed by atoms with Gasteiger partial charge in [-0.3, -0.25) is 4.90 Å². The van der Waals surface area contributed by atoms with Crippen LogP contribution in [0.1, 0.15) is 31.2 Å². The predicted octanol–water partition coefficient (Wildman–Crippen LogP) is 2.65. The molecular formula is C17H28N2O2. The molecule has 21 heavy (non-hydrogen) atoms. The molecule has 0 bridgehead atoms. The molecule has 1 saturated carbocycles. The summed E-state index contributed by atoms with van der Waals surface area (Å²) in [6.07, 6.45) is 5.13. The van der Waals surface area contributed by atoms with Gasteiger partial charge in [0.2, 0.25) is 0 Å². The first-order chi connectivity index (χ1) is 10.2. The lowest BCUT2D eigenvalue weighted by molar-refractivity contribution is 0.126. The Morgan fingerprint density at radius 1 is 1.19 bits per heavy atom. The molecule has 0 radical (unpaired) electrons. The second-order valence-electron chi connectivity index (χ2n) is 5.94. The van der Waals surface area contributed by atoms with Gasteiger partial charge in [0, 0.05) is 24.2 Å². The quantitative estimate of drug-likeness (QED) is 0.875. The van der Waals surface area contributed by atoms with Gasteiger partial charge in [-0.15, -0.1) is 0 Å². The zero-order chi connectivity index (χ0) is 15.2. The van der Waals surface area contributed by atoms with Crippen molar-refractivity contribution < 1.29 is 9.47 Å². The largest absolute Gasteiger partial charge is 0.497 e. The lowest BCUT2D eigenvalue weighted by Gasteiger charge is -2.37. The molecule has 0 spiro atoms. The molecule has 1 aliphatic carbocycles. The number of hydrogen-bond acceptors (Lipinski definition) is 4. The number of ether oxygens (including phenoxy) is 2. The van der Waals surface area contributed by atoms with Gasteiger partial charge >= 0.3 is 0 Å². The van der Waals surface area contributed by atoms with Crippen molar-refractivity contribution in [1.82, 2.24) is 4.90 Å². The van der Waals surface area contributed by atoms with Crippen molar-refractivity contribution in [2.45, 2.75) is 38.3 Å². The normalized spacial score (nSPS) is 22.3. The van der Waals surface area contributed by atoms with Crippen LogP contribution in [0.15, 0.2) is 18.2 Å². The van der Waals surface area contributed by atoms with E-state index < -0.39 is 0 Å². The van der Waals surface area contributed by atoms with E-state index in [2.05, 4.69) is 18.0 Å².